The van der Waals surface area contributed by atoms with E-state index in [-0.39, 0.29) is 41.4 Å². The number of nitrogens with one attached hydrogen (secondary N) is 1. The Hall–Kier alpha value is -3.02. The Morgan fingerprint density at radius 3 is 2.42 bits per heavy atom. The smallest absolute Gasteiger partial charge is 0.340 e. The van der Waals surface area contributed by atoms with Crippen LogP contribution in [0.1, 0.15) is 72.6 Å². The largest absolute Gasteiger partial charge is 0.497 e. The van der Waals surface area contributed by atoms with Crippen molar-refractivity contribution in [2.24, 2.45) is 17.8 Å². The van der Waals surface area contributed by atoms with Crippen LogP contribution in [-0.2, 0) is 18.9 Å². The number of anilines is 1. The number of rotatable bonds is 11. The molecule has 2 aromatic rings. The SMILES string of the molecule is COc1cccc(C(=O)Nc2ccccc2C(=O)O[C@H]2CC[C@H](OC)CC2CC[C@@]2(O)CC(OC)[C@H]3CC(C)[C@]2(O)[C@H]3OC)c1. The van der Waals surface area contributed by atoms with Crippen molar-refractivity contribution in [3.8, 4) is 5.75 Å². The molecule has 10 nitrogen and oxygen atoms in total. The maximum Gasteiger partial charge on any atom is 0.340 e. The minimum atomic E-state index is -1.44. The van der Waals surface area contributed by atoms with Crippen LogP contribution < -0.4 is 10.1 Å². The number of hydrogen-bond acceptors (Lipinski definition) is 9. The van der Waals surface area contributed by atoms with Crippen molar-refractivity contribution in [1.29, 1.82) is 0 Å². The number of fused-ring (bicyclic) bond motifs is 2. The molecule has 3 unspecified atom stereocenters. The average Bonchev–Trinajstić information content (AvgIpc) is 3.28. The molecule has 0 spiro atoms. The van der Waals surface area contributed by atoms with Crippen LogP contribution in [0.3, 0.4) is 0 Å². The maximum atomic E-state index is 13.6. The van der Waals surface area contributed by atoms with E-state index >= 15 is 0 Å². The Kier molecular flexibility index (Phi) is 10.2. The molecule has 0 saturated heterocycles. The number of carbonyl (C=O) groups excluding carboxylic acids is 2. The molecule has 5 rings (SSSR count). The fraction of sp³-hybridized carbons (Fsp3) is 0.600. The van der Waals surface area contributed by atoms with Crippen molar-refractivity contribution in [2.45, 2.75) is 87.5 Å². The van der Waals surface area contributed by atoms with E-state index in [1.807, 2.05) is 6.92 Å². The quantitative estimate of drug-likeness (QED) is 0.306. The maximum absolute atomic E-state index is 13.6. The minimum absolute atomic E-state index is 0.00305. The fourth-order valence-corrected chi connectivity index (χ4v) is 8.17. The number of benzene rings is 2. The van der Waals surface area contributed by atoms with Crippen molar-refractivity contribution in [1.82, 2.24) is 0 Å². The van der Waals surface area contributed by atoms with Gasteiger partial charge in [0.25, 0.3) is 5.91 Å². The van der Waals surface area contributed by atoms with Crippen molar-refractivity contribution in [2.75, 3.05) is 33.8 Å². The number of hydrogen-bond donors (Lipinski definition) is 3. The highest BCUT2D eigenvalue weighted by Crippen LogP contribution is 2.57. The van der Waals surface area contributed by atoms with Gasteiger partial charge in [-0.25, -0.2) is 4.79 Å². The molecule has 0 radical (unpaired) electrons. The van der Waals surface area contributed by atoms with Gasteiger partial charge in [0.2, 0.25) is 0 Å². The first-order valence-corrected chi connectivity index (χ1v) is 15.9. The van der Waals surface area contributed by atoms with Gasteiger partial charge in [0.1, 0.15) is 17.5 Å². The van der Waals surface area contributed by atoms with Gasteiger partial charge in [-0.2, -0.15) is 0 Å². The van der Waals surface area contributed by atoms with Gasteiger partial charge in [0.15, 0.2) is 0 Å². The zero-order valence-electron chi connectivity index (χ0n) is 26.9. The van der Waals surface area contributed by atoms with Crippen LogP contribution in [0.25, 0.3) is 0 Å². The Morgan fingerprint density at radius 2 is 1.71 bits per heavy atom. The van der Waals surface area contributed by atoms with Crippen LogP contribution in [-0.4, -0.2) is 86.1 Å². The van der Waals surface area contributed by atoms with Crippen molar-refractivity contribution < 1.29 is 43.5 Å². The molecular weight excluding hydrogens is 578 g/mol. The van der Waals surface area contributed by atoms with E-state index in [0.29, 0.717) is 55.5 Å². The Bertz CT molecular complexity index is 1350. The third-order valence-electron chi connectivity index (χ3n) is 10.6. The third kappa shape index (κ3) is 6.36. The highest BCUT2D eigenvalue weighted by molar-refractivity contribution is 6.08. The summed E-state index contributed by atoms with van der Waals surface area (Å²) >= 11 is 0. The van der Waals surface area contributed by atoms with Crippen LogP contribution in [0.5, 0.6) is 5.75 Å². The Labute approximate surface area is 265 Å². The molecule has 2 bridgehead atoms. The van der Waals surface area contributed by atoms with Gasteiger partial charge in [0, 0.05) is 39.2 Å². The first-order chi connectivity index (χ1) is 21.6. The highest BCUT2D eigenvalue weighted by Gasteiger charge is 2.69. The summed E-state index contributed by atoms with van der Waals surface area (Å²) < 4.78 is 28.7. The molecule has 3 aliphatic rings. The van der Waals surface area contributed by atoms with Gasteiger partial charge in [-0.05, 0) is 80.7 Å². The predicted molar refractivity (Wildman–Crippen MR) is 167 cm³/mol. The van der Waals surface area contributed by atoms with E-state index < -0.39 is 29.4 Å². The molecule has 0 heterocycles. The molecule has 0 aliphatic heterocycles. The van der Waals surface area contributed by atoms with Crippen LogP contribution in [0.15, 0.2) is 48.5 Å². The number of amides is 1. The van der Waals surface area contributed by atoms with Gasteiger partial charge in [-0.1, -0.05) is 25.1 Å². The second-order valence-corrected chi connectivity index (χ2v) is 12.9. The van der Waals surface area contributed by atoms with Gasteiger partial charge >= 0.3 is 5.97 Å². The van der Waals surface area contributed by atoms with E-state index in [9.17, 15) is 19.8 Å². The molecule has 3 N–H and O–H groups in total. The number of carbonyl (C=O) groups is 2. The van der Waals surface area contributed by atoms with Crippen LogP contribution in [0.4, 0.5) is 5.69 Å². The molecule has 1 amide bonds. The normalized spacial score (nSPS) is 34.2. The van der Waals surface area contributed by atoms with Crippen molar-refractivity contribution in [3.05, 3.63) is 59.7 Å². The summed E-state index contributed by atoms with van der Waals surface area (Å²) in [5, 5.41) is 27.0. The zero-order valence-corrected chi connectivity index (χ0v) is 26.9. The van der Waals surface area contributed by atoms with Gasteiger partial charge < -0.3 is 39.2 Å². The van der Waals surface area contributed by atoms with Crippen LogP contribution in [0, 0.1) is 17.8 Å². The summed E-state index contributed by atoms with van der Waals surface area (Å²) in [5.74, 6) is -0.646. The van der Waals surface area contributed by atoms with Crippen molar-refractivity contribution in [3.63, 3.8) is 0 Å². The van der Waals surface area contributed by atoms with Crippen LogP contribution >= 0.6 is 0 Å². The number of aliphatic hydroxyl groups is 2. The van der Waals surface area contributed by atoms with E-state index in [2.05, 4.69) is 5.32 Å². The first-order valence-electron chi connectivity index (χ1n) is 15.9. The number of esters is 1. The zero-order chi connectivity index (χ0) is 32.4. The lowest BCUT2D eigenvalue weighted by atomic mass is 9.64. The molecule has 246 valence electrons. The molecule has 45 heavy (non-hydrogen) atoms. The van der Waals surface area contributed by atoms with E-state index in [4.69, 9.17) is 23.7 Å². The minimum Gasteiger partial charge on any atom is -0.497 e. The molecule has 9 atom stereocenters. The van der Waals surface area contributed by atoms with Gasteiger partial charge in [-0.3, -0.25) is 4.79 Å². The number of para-hydroxylation sites is 1. The molecule has 3 saturated carbocycles. The van der Waals surface area contributed by atoms with E-state index in [1.54, 1.807) is 69.9 Å². The summed E-state index contributed by atoms with van der Waals surface area (Å²) in [6.07, 6.45) is 2.58. The highest BCUT2D eigenvalue weighted by atomic mass is 16.5. The van der Waals surface area contributed by atoms with Gasteiger partial charge in [0.05, 0.1) is 42.3 Å². The monoisotopic (exact) mass is 625 g/mol. The molecule has 0 aromatic heterocycles. The second-order valence-electron chi connectivity index (χ2n) is 12.9. The summed E-state index contributed by atoms with van der Waals surface area (Å²) in [6.45, 7) is 1.96. The molecular formula is C35H47NO9. The fourth-order valence-electron chi connectivity index (χ4n) is 8.17. The molecule has 2 aromatic carbocycles. The summed E-state index contributed by atoms with van der Waals surface area (Å²) in [4.78, 5) is 26.7. The number of ether oxygens (including phenoxy) is 5. The molecule has 3 fully saturated rings. The third-order valence-corrected chi connectivity index (χ3v) is 10.6. The Balaban J connectivity index is 1.32. The second kappa shape index (κ2) is 13.8. The summed E-state index contributed by atoms with van der Waals surface area (Å²) in [7, 11) is 6.43. The van der Waals surface area contributed by atoms with Crippen molar-refractivity contribution >= 4 is 17.6 Å². The number of methoxy groups -OCH3 is 4. The Morgan fingerprint density at radius 1 is 0.933 bits per heavy atom. The standard InChI is InChI=1S/C35H47NO9/c1-21-17-27-30(43-4)20-34(39,35(21,40)31(27)44-5)16-15-22-18-25(42-3)13-14-29(22)45-33(38)26-11-6-7-12-28(26)36-32(37)23-9-8-10-24(19-23)41-2/h6-12,19,21-22,25,27,29-31,39-40H,13-18,20H2,1-5H3,(H,36,37)/t21?,22?,25-,27+,29-,30?,31-,34+,35-/m0/s1. The molecule has 10 heteroatoms. The molecule has 3 aliphatic carbocycles. The summed E-state index contributed by atoms with van der Waals surface area (Å²) in [6, 6.07) is 13.5. The van der Waals surface area contributed by atoms with Crippen LogP contribution in [0.2, 0.25) is 0 Å². The first kappa shape index (κ1) is 33.3. The lowest BCUT2D eigenvalue weighted by Gasteiger charge is -2.53. The predicted octanol–water partition coefficient (Wildman–Crippen LogP) is 4.62. The lowest BCUT2D eigenvalue weighted by molar-refractivity contribution is -0.259. The lowest BCUT2D eigenvalue weighted by Crippen LogP contribution is -2.68. The van der Waals surface area contributed by atoms with E-state index in [0.717, 1.165) is 6.42 Å². The summed E-state index contributed by atoms with van der Waals surface area (Å²) in [5.41, 5.74) is -1.86. The van der Waals surface area contributed by atoms with Gasteiger partial charge in [-0.15, -0.1) is 0 Å². The van der Waals surface area contributed by atoms with E-state index in [1.165, 1.54) is 7.11 Å². The average molecular weight is 626 g/mol. The topological polar surface area (TPSA) is 133 Å².